The Morgan fingerprint density at radius 1 is 1.45 bits per heavy atom. The third-order valence-corrected chi connectivity index (χ3v) is 5.25. The fraction of sp³-hybridized carbons (Fsp3) is 0.538. The van der Waals surface area contributed by atoms with Crippen molar-refractivity contribution in [3.8, 4) is 0 Å². The van der Waals surface area contributed by atoms with Crippen molar-refractivity contribution in [2.24, 2.45) is 5.73 Å². The van der Waals surface area contributed by atoms with E-state index in [1.54, 1.807) is 11.8 Å². The number of hydrogen-bond donors (Lipinski definition) is 2. The van der Waals surface area contributed by atoms with Gasteiger partial charge in [0, 0.05) is 23.9 Å². The minimum Gasteiger partial charge on any atom is -0.326 e. The lowest BCUT2D eigenvalue weighted by Gasteiger charge is -2.17. The molecule has 1 unspecified atom stereocenters. The number of benzene rings is 1. The van der Waals surface area contributed by atoms with Crippen molar-refractivity contribution in [1.82, 2.24) is 4.72 Å². The summed E-state index contributed by atoms with van der Waals surface area (Å²) in [5.74, 6) is 0.252. The summed E-state index contributed by atoms with van der Waals surface area (Å²) >= 11 is 1.58. The molecule has 4 nitrogen and oxygen atoms in total. The van der Waals surface area contributed by atoms with E-state index in [1.807, 2.05) is 13.2 Å². The van der Waals surface area contributed by atoms with Crippen LogP contribution in [0.5, 0.6) is 0 Å². The number of rotatable bonds is 7. The predicted octanol–water partition coefficient (Wildman–Crippen LogP) is 2.01. The van der Waals surface area contributed by atoms with Crippen molar-refractivity contribution < 1.29 is 12.8 Å². The van der Waals surface area contributed by atoms with Gasteiger partial charge < -0.3 is 5.73 Å². The molecule has 1 rings (SSSR count). The summed E-state index contributed by atoms with van der Waals surface area (Å²) < 4.78 is 41.0. The van der Waals surface area contributed by atoms with Crippen molar-refractivity contribution in [3.05, 3.63) is 29.1 Å². The Labute approximate surface area is 124 Å². The van der Waals surface area contributed by atoms with Gasteiger partial charge in [-0.1, -0.05) is 6.92 Å². The highest BCUT2D eigenvalue weighted by atomic mass is 32.2. The first-order valence-corrected chi connectivity index (χ1v) is 9.23. The highest BCUT2D eigenvalue weighted by Crippen LogP contribution is 2.19. The summed E-state index contributed by atoms with van der Waals surface area (Å²) in [6.45, 7) is 3.43. The Bertz CT molecular complexity index is 562. The van der Waals surface area contributed by atoms with E-state index in [-0.39, 0.29) is 28.6 Å². The molecule has 7 heteroatoms. The van der Waals surface area contributed by atoms with Gasteiger partial charge in [-0.05, 0) is 37.3 Å². The summed E-state index contributed by atoms with van der Waals surface area (Å²) in [6.07, 6.45) is 2.62. The first-order valence-electron chi connectivity index (χ1n) is 6.36. The van der Waals surface area contributed by atoms with E-state index < -0.39 is 15.8 Å². The zero-order valence-electron chi connectivity index (χ0n) is 11.9. The maximum Gasteiger partial charge on any atom is 0.240 e. The molecular formula is C13H21FN2O2S2. The predicted molar refractivity (Wildman–Crippen MR) is 81.8 cm³/mol. The van der Waals surface area contributed by atoms with Gasteiger partial charge >= 0.3 is 0 Å². The lowest BCUT2D eigenvalue weighted by atomic mass is 10.1. The smallest absolute Gasteiger partial charge is 0.240 e. The third-order valence-electron chi connectivity index (χ3n) is 3.02. The second-order valence-electron chi connectivity index (χ2n) is 4.60. The van der Waals surface area contributed by atoms with Gasteiger partial charge in [-0.25, -0.2) is 17.5 Å². The fourth-order valence-electron chi connectivity index (χ4n) is 1.83. The number of aryl methyl sites for hydroxylation is 1. The number of hydrogen-bond acceptors (Lipinski definition) is 4. The molecule has 0 aromatic heterocycles. The molecular weight excluding hydrogens is 299 g/mol. The van der Waals surface area contributed by atoms with Crippen LogP contribution in [0.15, 0.2) is 17.0 Å². The molecule has 0 amide bonds. The largest absolute Gasteiger partial charge is 0.326 e. The van der Waals surface area contributed by atoms with Crippen molar-refractivity contribution in [1.29, 1.82) is 0 Å². The van der Waals surface area contributed by atoms with Gasteiger partial charge in [-0.3, -0.25) is 0 Å². The minimum absolute atomic E-state index is 0.0297. The molecule has 1 aromatic rings. The normalized spacial score (nSPS) is 13.4. The summed E-state index contributed by atoms with van der Waals surface area (Å²) in [4.78, 5) is 0.0661. The van der Waals surface area contributed by atoms with Crippen molar-refractivity contribution in [2.75, 3.05) is 12.0 Å². The monoisotopic (exact) mass is 320 g/mol. The molecule has 0 aliphatic rings. The standard InChI is InChI=1S/C13H21FN2O2S2/c1-4-11(8-19-3)16-20(17,18)12-5-9(2)13(14)10(6-12)7-15/h5-6,11,16H,4,7-8,15H2,1-3H3. The van der Waals surface area contributed by atoms with E-state index in [0.29, 0.717) is 12.2 Å². The van der Waals surface area contributed by atoms with Crippen LogP contribution in [-0.4, -0.2) is 26.5 Å². The lowest BCUT2D eigenvalue weighted by Crippen LogP contribution is -2.36. The van der Waals surface area contributed by atoms with Crippen LogP contribution in [0.4, 0.5) is 4.39 Å². The Morgan fingerprint density at radius 3 is 2.60 bits per heavy atom. The number of halogens is 1. The molecule has 20 heavy (non-hydrogen) atoms. The molecule has 1 aromatic carbocycles. The van der Waals surface area contributed by atoms with Gasteiger partial charge in [0.2, 0.25) is 10.0 Å². The van der Waals surface area contributed by atoms with Gasteiger partial charge in [0.15, 0.2) is 0 Å². The SMILES string of the molecule is CCC(CSC)NS(=O)(=O)c1cc(C)c(F)c(CN)c1. The molecule has 0 saturated heterocycles. The van der Waals surface area contributed by atoms with Crippen LogP contribution >= 0.6 is 11.8 Å². The van der Waals surface area contributed by atoms with E-state index in [2.05, 4.69) is 4.72 Å². The molecule has 114 valence electrons. The zero-order chi connectivity index (χ0) is 15.3. The third kappa shape index (κ3) is 4.18. The van der Waals surface area contributed by atoms with Crippen molar-refractivity contribution in [3.63, 3.8) is 0 Å². The fourth-order valence-corrected chi connectivity index (χ4v) is 4.12. The first kappa shape index (κ1) is 17.4. The van der Waals surface area contributed by atoms with Crippen LogP contribution in [0.1, 0.15) is 24.5 Å². The second kappa shape index (κ2) is 7.40. The van der Waals surface area contributed by atoms with Crippen LogP contribution in [0, 0.1) is 12.7 Å². The first-order chi connectivity index (χ1) is 9.35. The highest BCUT2D eigenvalue weighted by molar-refractivity contribution is 7.98. The van der Waals surface area contributed by atoms with E-state index in [9.17, 15) is 12.8 Å². The molecule has 0 radical (unpaired) electrons. The molecule has 1 atom stereocenters. The number of thioether (sulfide) groups is 1. The average molecular weight is 320 g/mol. The molecule has 0 aliphatic heterocycles. The minimum atomic E-state index is -3.65. The quantitative estimate of drug-likeness (QED) is 0.806. The van der Waals surface area contributed by atoms with E-state index in [4.69, 9.17) is 5.73 Å². The van der Waals surface area contributed by atoms with E-state index >= 15 is 0 Å². The Balaban J connectivity index is 3.12. The van der Waals surface area contributed by atoms with Gasteiger partial charge in [-0.15, -0.1) is 0 Å². The molecule has 0 saturated carbocycles. The van der Waals surface area contributed by atoms with Crippen LogP contribution in [-0.2, 0) is 16.6 Å². The zero-order valence-corrected chi connectivity index (χ0v) is 13.6. The van der Waals surface area contributed by atoms with Crippen LogP contribution < -0.4 is 10.5 Å². The maximum absolute atomic E-state index is 13.7. The van der Waals surface area contributed by atoms with E-state index in [1.165, 1.54) is 19.1 Å². The van der Waals surface area contributed by atoms with Gasteiger partial charge in [0.1, 0.15) is 5.82 Å². The number of nitrogens with one attached hydrogen (secondary N) is 1. The van der Waals surface area contributed by atoms with Gasteiger partial charge in [0.25, 0.3) is 0 Å². The molecule has 0 heterocycles. The topological polar surface area (TPSA) is 72.2 Å². The van der Waals surface area contributed by atoms with Crippen LogP contribution in [0.3, 0.4) is 0 Å². The maximum atomic E-state index is 13.7. The Hall–Kier alpha value is -0.630. The van der Waals surface area contributed by atoms with Crippen molar-refractivity contribution in [2.45, 2.75) is 37.8 Å². The highest BCUT2D eigenvalue weighted by Gasteiger charge is 2.21. The van der Waals surface area contributed by atoms with Crippen molar-refractivity contribution >= 4 is 21.8 Å². The Morgan fingerprint density at radius 2 is 2.10 bits per heavy atom. The molecule has 3 N–H and O–H groups in total. The number of sulfonamides is 1. The molecule has 0 bridgehead atoms. The summed E-state index contributed by atoms with van der Waals surface area (Å²) in [7, 11) is -3.65. The van der Waals surface area contributed by atoms with Crippen LogP contribution in [0.25, 0.3) is 0 Å². The average Bonchev–Trinajstić information content (AvgIpc) is 2.40. The summed E-state index contributed by atoms with van der Waals surface area (Å²) in [5, 5.41) is 0. The molecule has 0 spiro atoms. The van der Waals surface area contributed by atoms with E-state index in [0.717, 1.165) is 0 Å². The van der Waals surface area contributed by atoms with Gasteiger partial charge in [0.05, 0.1) is 4.90 Å². The Kier molecular flexibility index (Phi) is 6.44. The summed E-state index contributed by atoms with van der Waals surface area (Å²) in [5.41, 5.74) is 5.94. The lowest BCUT2D eigenvalue weighted by molar-refractivity contribution is 0.556. The summed E-state index contributed by atoms with van der Waals surface area (Å²) in [6, 6.07) is 2.50. The van der Waals surface area contributed by atoms with Crippen LogP contribution in [0.2, 0.25) is 0 Å². The molecule has 0 aliphatic carbocycles. The second-order valence-corrected chi connectivity index (χ2v) is 7.22. The van der Waals surface area contributed by atoms with Gasteiger partial charge in [-0.2, -0.15) is 11.8 Å². The number of nitrogens with two attached hydrogens (primary N) is 1. The molecule has 0 fully saturated rings.